The number of nitrogens with zero attached hydrogens (tertiary/aromatic N) is 1. The molecule has 0 aromatic heterocycles. The highest BCUT2D eigenvalue weighted by Crippen LogP contribution is 2.15. The van der Waals surface area contributed by atoms with E-state index in [0.29, 0.717) is 5.56 Å². The average molecular weight is 501 g/mol. The molecule has 0 saturated heterocycles. The number of hydrogen-bond donors (Lipinski definition) is 2. The van der Waals surface area contributed by atoms with Gasteiger partial charge in [-0.05, 0) is 38.8 Å². The van der Waals surface area contributed by atoms with Crippen molar-refractivity contribution in [2.24, 2.45) is 0 Å². The Kier molecular flexibility index (Phi) is 9.83. The molecule has 0 aliphatic carbocycles. The van der Waals surface area contributed by atoms with Crippen molar-refractivity contribution in [2.75, 3.05) is 13.1 Å². The number of esters is 1. The molecule has 0 heterocycles. The molecule has 2 N–H and O–H groups in total. The van der Waals surface area contributed by atoms with Crippen molar-refractivity contribution < 1.29 is 38.5 Å². The van der Waals surface area contributed by atoms with Gasteiger partial charge in [-0.3, -0.25) is 9.69 Å². The third kappa shape index (κ3) is 9.65. The van der Waals surface area contributed by atoms with Crippen LogP contribution in [-0.2, 0) is 37.0 Å². The summed E-state index contributed by atoms with van der Waals surface area (Å²) in [5.41, 5.74) is -1.45. The number of benzene rings is 2. The Labute approximate surface area is 210 Å². The number of carbonyl (C=O) groups excluding carboxylic acids is 3. The molecule has 1 atom stereocenters. The Morgan fingerprint density at radius 2 is 1.33 bits per heavy atom. The first-order valence-corrected chi connectivity index (χ1v) is 11.3. The second kappa shape index (κ2) is 12.6. The number of rotatable bonds is 10. The van der Waals surface area contributed by atoms with Crippen LogP contribution in [0.2, 0.25) is 0 Å². The van der Waals surface area contributed by atoms with E-state index in [0.717, 1.165) is 10.5 Å². The van der Waals surface area contributed by atoms with Gasteiger partial charge >= 0.3 is 24.1 Å². The van der Waals surface area contributed by atoms with Gasteiger partial charge in [-0.15, -0.1) is 0 Å². The number of carbonyl (C=O) groups is 4. The van der Waals surface area contributed by atoms with Crippen LogP contribution < -0.4 is 5.32 Å². The molecule has 0 saturated carbocycles. The zero-order valence-electron chi connectivity index (χ0n) is 20.9. The van der Waals surface area contributed by atoms with Gasteiger partial charge in [-0.2, -0.15) is 0 Å². The van der Waals surface area contributed by atoms with Crippen LogP contribution >= 0.6 is 0 Å². The summed E-state index contributed by atoms with van der Waals surface area (Å²) in [7, 11) is 0. The van der Waals surface area contributed by atoms with E-state index in [2.05, 4.69) is 5.32 Å². The van der Waals surface area contributed by atoms with Gasteiger partial charge in [-0.1, -0.05) is 60.7 Å². The standard InChI is InChI=1S/C26H32N2O8/c1-25(2,3)36-24(33)28(15-21(29)34-16-19-11-7-5-8-12-19)18-26(4,22(30)31)27-23(32)35-17-20-13-9-6-10-14-20/h5-14H,15-18H2,1-4H3,(H,27,32)(H,30,31)/t26-/m0/s1. The molecular weight excluding hydrogens is 468 g/mol. The first kappa shape index (κ1) is 28.2. The van der Waals surface area contributed by atoms with Crippen LogP contribution in [0, 0.1) is 0 Å². The van der Waals surface area contributed by atoms with Crippen molar-refractivity contribution in [3.63, 3.8) is 0 Å². The second-order valence-corrected chi connectivity index (χ2v) is 9.31. The van der Waals surface area contributed by atoms with E-state index < -0.39 is 48.4 Å². The fraction of sp³-hybridized carbons (Fsp3) is 0.385. The summed E-state index contributed by atoms with van der Waals surface area (Å²) in [6, 6.07) is 17.8. The smallest absolute Gasteiger partial charge is 0.410 e. The molecule has 36 heavy (non-hydrogen) atoms. The van der Waals surface area contributed by atoms with Gasteiger partial charge in [0.2, 0.25) is 0 Å². The number of carboxylic acid groups (broad SMARTS) is 1. The lowest BCUT2D eigenvalue weighted by atomic mass is 10.0. The Bertz CT molecular complexity index is 1040. The molecule has 10 nitrogen and oxygen atoms in total. The van der Waals surface area contributed by atoms with Crippen LogP contribution in [0.3, 0.4) is 0 Å². The van der Waals surface area contributed by atoms with Crippen molar-refractivity contribution in [3.05, 3.63) is 71.8 Å². The maximum atomic E-state index is 12.8. The summed E-state index contributed by atoms with van der Waals surface area (Å²) in [4.78, 5) is 50.7. The zero-order chi connectivity index (χ0) is 26.8. The molecule has 194 valence electrons. The van der Waals surface area contributed by atoms with E-state index >= 15 is 0 Å². The summed E-state index contributed by atoms with van der Waals surface area (Å²) in [5, 5.41) is 12.1. The van der Waals surface area contributed by atoms with Gasteiger partial charge in [0, 0.05) is 0 Å². The summed E-state index contributed by atoms with van der Waals surface area (Å²) in [6.07, 6.45) is -1.94. The van der Waals surface area contributed by atoms with E-state index in [1.165, 1.54) is 6.92 Å². The van der Waals surface area contributed by atoms with E-state index in [1.807, 2.05) is 6.07 Å². The quantitative estimate of drug-likeness (QED) is 0.373. The lowest BCUT2D eigenvalue weighted by Crippen LogP contribution is -2.60. The molecule has 0 unspecified atom stereocenters. The number of carboxylic acids is 1. The molecule has 2 amide bonds. The minimum Gasteiger partial charge on any atom is -0.479 e. The van der Waals surface area contributed by atoms with Gasteiger partial charge < -0.3 is 24.6 Å². The fourth-order valence-corrected chi connectivity index (χ4v) is 2.98. The average Bonchev–Trinajstić information content (AvgIpc) is 2.81. The van der Waals surface area contributed by atoms with Gasteiger partial charge in [0.15, 0.2) is 5.54 Å². The normalized spacial score (nSPS) is 12.6. The highest BCUT2D eigenvalue weighted by atomic mass is 16.6. The molecular formula is C26H32N2O8. The fourth-order valence-electron chi connectivity index (χ4n) is 2.98. The lowest BCUT2D eigenvalue weighted by Gasteiger charge is -2.33. The summed E-state index contributed by atoms with van der Waals surface area (Å²) in [5.74, 6) is -2.21. The lowest BCUT2D eigenvalue weighted by molar-refractivity contribution is -0.149. The monoisotopic (exact) mass is 500 g/mol. The third-order valence-electron chi connectivity index (χ3n) is 4.78. The first-order chi connectivity index (χ1) is 16.9. The molecule has 2 rings (SSSR count). The molecule has 0 aliphatic heterocycles. The summed E-state index contributed by atoms with van der Waals surface area (Å²) >= 11 is 0. The molecule has 0 spiro atoms. The number of ether oxygens (including phenoxy) is 3. The van der Waals surface area contributed by atoms with Gasteiger partial charge in [-0.25, -0.2) is 14.4 Å². The maximum Gasteiger partial charge on any atom is 0.410 e. The summed E-state index contributed by atoms with van der Waals surface area (Å²) in [6.45, 7) is 4.81. The van der Waals surface area contributed by atoms with Crippen molar-refractivity contribution in [3.8, 4) is 0 Å². The van der Waals surface area contributed by atoms with E-state index in [4.69, 9.17) is 14.2 Å². The first-order valence-electron chi connectivity index (χ1n) is 11.3. The Morgan fingerprint density at radius 3 is 1.81 bits per heavy atom. The minimum absolute atomic E-state index is 0.0257. The topological polar surface area (TPSA) is 131 Å². The van der Waals surface area contributed by atoms with Gasteiger partial charge in [0.05, 0.1) is 6.54 Å². The number of hydrogen-bond acceptors (Lipinski definition) is 7. The van der Waals surface area contributed by atoms with Gasteiger partial charge in [0.1, 0.15) is 25.4 Å². The number of alkyl carbamates (subject to hydrolysis) is 1. The summed E-state index contributed by atoms with van der Waals surface area (Å²) < 4.78 is 15.7. The minimum atomic E-state index is -2.00. The third-order valence-corrected chi connectivity index (χ3v) is 4.78. The molecule has 0 fully saturated rings. The molecule has 2 aromatic rings. The van der Waals surface area contributed by atoms with Crippen molar-refractivity contribution >= 4 is 24.1 Å². The van der Waals surface area contributed by atoms with E-state index in [1.54, 1.807) is 75.4 Å². The van der Waals surface area contributed by atoms with Crippen molar-refractivity contribution in [1.82, 2.24) is 10.2 Å². The van der Waals surface area contributed by atoms with Crippen LogP contribution in [-0.4, -0.2) is 58.4 Å². The number of aliphatic carboxylic acids is 1. The maximum absolute atomic E-state index is 12.8. The molecule has 2 aromatic carbocycles. The predicted molar refractivity (Wildman–Crippen MR) is 130 cm³/mol. The molecule has 0 aliphatic rings. The Morgan fingerprint density at radius 1 is 0.833 bits per heavy atom. The van der Waals surface area contributed by atoms with Crippen LogP contribution in [0.1, 0.15) is 38.8 Å². The Balaban J connectivity index is 2.11. The Hall–Kier alpha value is -4.08. The molecule has 0 bridgehead atoms. The van der Waals surface area contributed by atoms with Crippen molar-refractivity contribution in [1.29, 1.82) is 0 Å². The van der Waals surface area contributed by atoms with E-state index in [9.17, 15) is 24.3 Å². The van der Waals surface area contributed by atoms with Crippen LogP contribution in [0.15, 0.2) is 60.7 Å². The zero-order valence-corrected chi connectivity index (χ0v) is 20.9. The molecule has 0 radical (unpaired) electrons. The predicted octanol–water partition coefficient (Wildman–Crippen LogP) is 3.74. The van der Waals surface area contributed by atoms with Crippen molar-refractivity contribution in [2.45, 2.75) is 52.0 Å². The number of nitrogens with one attached hydrogen (secondary N) is 1. The van der Waals surface area contributed by atoms with Crippen LogP contribution in [0.5, 0.6) is 0 Å². The highest BCUT2D eigenvalue weighted by molar-refractivity contribution is 5.85. The SMILES string of the molecule is CC(C)(C)OC(=O)N(CC(=O)OCc1ccccc1)C[C@](C)(NC(=O)OCc1ccccc1)C(=O)O. The van der Waals surface area contributed by atoms with Crippen LogP contribution in [0.25, 0.3) is 0 Å². The van der Waals surface area contributed by atoms with E-state index in [-0.39, 0.29) is 13.2 Å². The second-order valence-electron chi connectivity index (χ2n) is 9.31. The number of amides is 2. The highest BCUT2D eigenvalue weighted by Gasteiger charge is 2.40. The largest absolute Gasteiger partial charge is 0.479 e. The van der Waals surface area contributed by atoms with Gasteiger partial charge in [0.25, 0.3) is 0 Å². The molecule has 10 heteroatoms. The van der Waals surface area contributed by atoms with Crippen LogP contribution in [0.4, 0.5) is 9.59 Å².